The third-order valence-corrected chi connectivity index (χ3v) is 3.23. The summed E-state index contributed by atoms with van der Waals surface area (Å²) in [6, 6.07) is 8.43. The Morgan fingerprint density at radius 3 is 2.32 bits per heavy atom. The number of nitrogens with zero attached hydrogens (tertiary/aromatic N) is 4. The van der Waals surface area contributed by atoms with Crippen molar-refractivity contribution in [3.63, 3.8) is 0 Å². The Morgan fingerprint density at radius 2 is 1.68 bits per heavy atom. The SMILES string of the molecule is CCN1C(=O)C(=O)N(Cc2nnc(-c3ccccc3)o2)C1=O. The quantitative estimate of drug-likeness (QED) is 0.618. The summed E-state index contributed by atoms with van der Waals surface area (Å²) in [7, 11) is 0. The Morgan fingerprint density at radius 1 is 1.00 bits per heavy atom. The van der Waals surface area contributed by atoms with Crippen molar-refractivity contribution in [3.8, 4) is 11.5 Å². The fraction of sp³-hybridized carbons (Fsp3) is 0.214. The van der Waals surface area contributed by atoms with E-state index in [1.54, 1.807) is 19.1 Å². The van der Waals surface area contributed by atoms with E-state index in [0.717, 1.165) is 15.4 Å². The lowest BCUT2D eigenvalue weighted by atomic mass is 10.2. The molecule has 2 heterocycles. The highest BCUT2D eigenvalue weighted by molar-refractivity contribution is 6.44. The Balaban J connectivity index is 1.80. The smallest absolute Gasteiger partial charge is 0.334 e. The van der Waals surface area contributed by atoms with Gasteiger partial charge < -0.3 is 4.42 Å². The number of amides is 4. The predicted molar refractivity (Wildman–Crippen MR) is 73.1 cm³/mol. The number of rotatable bonds is 4. The van der Waals surface area contributed by atoms with Crippen LogP contribution in [0.1, 0.15) is 12.8 Å². The van der Waals surface area contributed by atoms with E-state index < -0.39 is 17.8 Å². The van der Waals surface area contributed by atoms with Crippen LogP contribution in [-0.4, -0.2) is 44.4 Å². The second kappa shape index (κ2) is 5.40. The van der Waals surface area contributed by atoms with Gasteiger partial charge in [0.05, 0.1) is 0 Å². The average Bonchev–Trinajstić information content (AvgIpc) is 3.08. The molecule has 112 valence electrons. The number of carbonyl (C=O) groups excluding carboxylic acids is 3. The molecule has 0 spiro atoms. The van der Waals surface area contributed by atoms with Gasteiger partial charge in [-0.3, -0.25) is 14.5 Å². The summed E-state index contributed by atoms with van der Waals surface area (Å²) < 4.78 is 5.43. The summed E-state index contributed by atoms with van der Waals surface area (Å²) in [5, 5.41) is 7.68. The predicted octanol–water partition coefficient (Wildman–Crippen LogP) is 1.05. The molecule has 0 N–H and O–H groups in total. The maximum absolute atomic E-state index is 12.0. The second-order valence-electron chi connectivity index (χ2n) is 4.59. The molecule has 1 aliphatic heterocycles. The third-order valence-electron chi connectivity index (χ3n) is 3.23. The monoisotopic (exact) mass is 300 g/mol. The van der Waals surface area contributed by atoms with Crippen LogP contribution in [0.2, 0.25) is 0 Å². The maximum Gasteiger partial charge on any atom is 0.334 e. The summed E-state index contributed by atoms with van der Waals surface area (Å²) in [6.45, 7) is 1.53. The molecule has 0 aliphatic carbocycles. The number of hydrogen-bond acceptors (Lipinski definition) is 6. The lowest BCUT2D eigenvalue weighted by Gasteiger charge is -2.11. The molecule has 3 rings (SSSR count). The van der Waals surface area contributed by atoms with Gasteiger partial charge in [-0.25, -0.2) is 9.69 Å². The third kappa shape index (κ3) is 2.24. The standard InChI is InChI=1S/C14H12N4O4/c1-2-17-12(19)13(20)18(14(17)21)8-10-15-16-11(22-10)9-6-4-3-5-7-9/h3-7H,2,8H2,1H3. The number of likely N-dealkylation sites (N-methyl/N-ethyl adjacent to an activating group) is 1. The van der Waals surface area contributed by atoms with Crippen LogP contribution < -0.4 is 0 Å². The van der Waals surface area contributed by atoms with Gasteiger partial charge in [-0.05, 0) is 19.1 Å². The van der Waals surface area contributed by atoms with Gasteiger partial charge in [0.25, 0.3) is 0 Å². The molecule has 8 nitrogen and oxygen atoms in total. The van der Waals surface area contributed by atoms with E-state index in [1.807, 2.05) is 18.2 Å². The summed E-state index contributed by atoms with van der Waals surface area (Å²) >= 11 is 0. The zero-order valence-corrected chi connectivity index (χ0v) is 11.7. The molecular weight excluding hydrogens is 288 g/mol. The molecular formula is C14H12N4O4. The van der Waals surface area contributed by atoms with E-state index in [9.17, 15) is 14.4 Å². The van der Waals surface area contributed by atoms with E-state index in [0.29, 0.717) is 0 Å². The van der Waals surface area contributed by atoms with Gasteiger partial charge in [0.15, 0.2) is 0 Å². The molecule has 0 unspecified atom stereocenters. The van der Waals surface area contributed by atoms with Crippen molar-refractivity contribution < 1.29 is 18.8 Å². The molecule has 0 radical (unpaired) electrons. The van der Waals surface area contributed by atoms with Crippen molar-refractivity contribution in [1.82, 2.24) is 20.0 Å². The van der Waals surface area contributed by atoms with Crippen molar-refractivity contribution in [3.05, 3.63) is 36.2 Å². The van der Waals surface area contributed by atoms with Crippen molar-refractivity contribution in [2.24, 2.45) is 0 Å². The molecule has 0 saturated carbocycles. The number of urea groups is 1. The van der Waals surface area contributed by atoms with Gasteiger partial charge in [-0.2, -0.15) is 0 Å². The minimum Gasteiger partial charge on any atom is -0.419 e. The Bertz CT molecular complexity index is 740. The second-order valence-corrected chi connectivity index (χ2v) is 4.59. The van der Waals surface area contributed by atoms with Crippen LogP contribution in [-0.2, 0) is 16.1 Å². The first-order valence-corrected chi connectivity index (χ1v) is 6.67. The minimum atomic E-state index is -0.883. The maximum atomic E-state index is 12.0. The fourth-order valence-electron chi connectivity index (χ4n) is 2.12. The van der Waals surface area contributed by atoms with E-state index in [4.69, 9.17) is 4.42 Å². The lowest BCUT2D eigenvalue weighted by Crippen LogP contribution is -2.32. The number of benzene rings is 1. The largest absolute Gasteiger partial charge is 0.419 e. The molecule has 1 aromatic carbocycles. The molecule has 22 heavy (non-hydrogen) atoms. The summed E-state index contributed by atoms with van der Waals surface area (Å²) in [5.41, 5.74) is 0.728. The molecule has 0 atom stereocenters. The first kappa shape index (κ1) is 13.9. The van der Waals surface area contributed by atoms with Gasteiger partial charge in [0.2, 0.25) is 11.8 Å². The van der Waals surface area contributed by atoms with Crippen LogP contribution in [0.25, 0.3) is 11.5 Å². The summed E-state index contributed by atoms with van der Waals surface area (Å²) in [6.07, 6.45) is 0. The molecule has 0 bridgehead atoms. The van der Waals surface area contributed by atoms with Gasteiger partial charge in [-0.15, -0.1) is 10.2 Å². The number of hydrogen-bond donors (Lipinski definition) is 0. The van der Waals surface area contributed by atoms with E-state index in [1.165, 1.54) is 0 Å². The lowest BCUT2D eigenvalue weighted by molar-refractivity contribution is -0.143. The van der Waals surface area contributed by atoms with Crippen LogP contribution in [0.3, 0.4) is 0 Å². The zero-order valence-electron chi connectivity index (χ0n) is 11.7. The highest BCUT2D eigenvalue weighted by atomic mass is 16.4. The van der Waals surface area contributed by atoms with Gasteiger partial charge in [0.1, 0.15) is 6.54 Å². The van der Waals surface area contributed by atoms with Crippen molar-refractivity contribution in [2.45, 2.75) is 13.5 Å². The first-order chi connectivity index (χ1) is 10.6. The highest BCUT2D eigenvalue weighted by Crippen LogP contribution is 2.19. The van der Waals surface area contributed by atoms with Crippen molar-refractivity contribution in [1.29, 1.82) is 0 Å². The highest BCUT2D eigenvalue weighted by Gasteiger charge is 2.44. The number of aromatic nitrogens is 2. The topological polar surface area (TPSA) is 96.6 Å². The Hall–Kier alpha value is -3.03. The Kier molecular flexibility index (Phi) is 3.42. The number of imide groups is 2. The van der Waals surface area contributed by atoms with Gasteiger partial charge >= 0.3 is 17.8 Å². The molecule has 8 heteroatoms. The van der Waals surface area contributed by atoms with Gasteiger partial charge in [0, 0.05) is 12.1 Å². The van der Waals surface area contributed by atoms with Crippen LogP contribution in [0.4, 0.5) is 4.79 Å². The Labute approximate surface area is 125 Å². The van der Waals surface area contributed by atoms with Crippen LogP contribution in [0, 0.1) is 0 Å². The number of carbonyl (C=O) groups is 3. The minimum absolute atomic E-state index is 0.0892. The van der Waals surface area contributed by atoms with Gasteiger partial charge in [-0.1, -0.05) is 18.2 Å². The van der Waals surface area contributed by atoms with E-state index >= 15 is 0 Å². The van der Waals surface area contributed by atoms with Crippen molar-refractivity contribution in [2.75, 3.05) is 6.54 Å². The van der Waals surface area contributed by atoms with Crippen LogP contribution in [0.15, 0.2) is 34.7 Å². The summed E-state index contributed by atoms with van der Waals surface area (Å²) in [5.74, 6) is -1.35. The molecule has 2 aromatic rings. The van der Waals surface area contributed by atoms with E-state index in [2.05, 4.69) is 10.2 Å². The fourth-order valence-corrected chi connectivity index (χ4v) is 2.12. The molecule has 1 aliphatic rings. The summed E-state index contributed by atoms with van der Waals surface area (Å²) in [4.78, 5) is 37.0. The van der Waals surface area contributed by atoms with E-state index in [-0.39, 0.29) is 24.9 Å². The molecule has 1 fully saturated rings. The molecule has 1 aromatic heterocycles. The van der Waals surface area contributed by atoms with Crippen LogP contribution in [0.5, 0.6) is 0 Å². The van der Waals surface area contributed by atoms with Crippen molar-refractivity contribution >= 4 is 17.8 Å². The zero-order chi connectivity index (χ0) is 15.7. The molecule has 4 amide bonds. The molecule has 1 saturated heterocycles. The first-order valence-electron chi connectivity index (χ1n) is 6.67. The normalized spacial score (nSPS) is 15.0. The average molecular weight is 300 g/mol. The van der Waals surface area contributed by atoms with Crippen LogP contribution >= 0.6 is 0 Å².